The van der Waals surface area contributed by atoms with E-state index in [-0.39, 0.29) is 16.8 Å². The van der Waals surface area contributed by atoms with Crippen LogP contribution in [0.2, 0.25) is 0 Å². The lowest BCUT2D eigenvalue weighted by molar-refractivity contribution is -0.391. The van der Waals surface area contributed by atoms with E-state index in [4.69, 9.17) is 5.73 Å². The number of aromatic nitrogens is 2. The molecule has 18 heavy (non-hydrogen) atoms. The third-order valence-electron chi connectivity index (χ3n) is 2.37. The molecule has 0 aliphatic heterocycles. The second kappa shape index (κ2) is 5.36. The molecular formula is C11H14N4O2S. The Morgan fingerprint density at radius 2 is 2.39 bits per heavy atom. The summed E-state index contributed by atoms with van der Waals surface area (Å²) in [6, 6.07) is 5.39. The smallest absolute Gasteiger partial charge is 0.351 e. The van der Waals surface area contributed by atoms with Gasteiger partial charge in [-0.2, -0.15) is 16.2 Å². The van der Waals surface area contributed by atoms with Gasteiger partial charge in [0, 0.05) is 23.6 Å². The minimum atomic E-state index is -0.387. The van der Waals surface area contributed by atoms with Crippen molar-refractivity contribution in [2.45, 2.75) is 18.7 Å². The maximum atomic E-state index is 11.1. The van der Waals surface area contributed by atoms with Gasteiger partial charge in [0.05, 0.1) is 6.20 Å². The molecule has 0 radical (unpaired) electrons. The average molecular weight is 266 g/mol. The van der Waals surface area contributed by atoms with Gasteiger partial charge >= 0.3 is 5.82 Å². The zero-order chi connectivity index (χ0) is 13.1. The zero-order valence-corrected chi connectivity index (χ0v) is 10.8. The second-order valence-corrected chi connectivity index (χ2v) is 5.09. The molecule has 0 spiro atoms. The molecule has 2 aromatic heterocycles. The van der Waals surface area contributed by atoms with E-state index in [1.54, 1.807) is 30.1 Å². The number of hydrogen-bond donors (Lipinski definition) is 1. The monoisotopic (exact) mass is 266 g/mol. The highest BCUT2D eigenvalue weighted by Gasteiger charge is 2.21. The molecule has 0 aliphatic carbocycles. The van der Waals surface area contributed by atoms with E-state index < -0.39 is 0 Å². The molecule has 6 nitrogen and oxygen atoms in total. The van der Waals surface area contributed by atoms with Gasteiger partial charge in [0.15, 0.2) is 0 Å². The molecule has 7 heteroatoms. The lowest BCUT2D eigenvalue weighted by atomic mass is 10.4. The van der Waals surface area contributed by atoms with E-state index in [9.17, 15) is 10.1 Å². The molecule has 0 amide bonds. The van der Waals surface area contributed by atoms with Crippen LogP contribution in [0.5, 0.6) is 0 Å². The largest absolute Gasteiger partial charge is 0.358 e. The van der Waals surface area contributed by atoms with Gasteiger partial charge in [-0.25, -0.2) is 4.98 Å². The normalized spacial score (nSPS) is 12.8. The van der Waals surface area contributed by atoms with Gasteiger partial charge in [0.25, 0.3) is 0 Å². The van der Waals surface area contributed by atoms with Crippen LogP contribution in [0, 0.1) is 10.1 Å². The minimum absolute atomic E-state index is 0.0442. The molecule has 0 aromatic carbocycles. The summed E-state index contributed by atoms with van der Waals surface area (Å²) in [4.78, 5) is 15.0. The Bertz CT molecular complexity index is 567. The van der Waals surface area contributed by atoms with Crippen LogP contribution in [-0.2, 0) is 5.75 Å². The summed E-state index contributed by atoms with van der Waals surface area (Å²) in [5.74, 6) is 1.30. The minimum Gasteiger partial charge on any atom is -0.358 e. The number of rotatable bonds is 5. The van der Waals surface area contributed by atoms with Gasteiger partial charge in [-0.05, 0) is 17.9 Å². The van der Waals surface area contributed by atoms with Gasteiger partial charge in [-0.1, -0.05) is 6.07 Å². The standard InChI is InChI=1S/C11H14N4O2S/c1-8(12)6-18-7-9-11(15(16)17)14-5-3-2-4-10(14)13-9/h2-5,8H,6-7,12H2,1H3. The molecule has 2 N–H and O–H groups in total. The third-order valence-corrected chi connectivity index (χ3v) is 3.61. The summed E-state index contributed by atoms with van der Waals surface area (Å²) >= 11 is 1.56. The van der Waals surface area contributed by atoms with Crippen LogP contribution in [0.15, 0.2) is 24.4 Å². The Balaban J connectivity index is 2.31. The number of imidazole rings is 1. The first-order chi connectivity index (χ1) is 8.59. The number of nitrogens with zero attached hydrogens (tertiary/aromatic N) is 3. The van der Waals surface area contributed by atoms with Crippen molar-refractivity contribution in [1.29, 1.82) is 0 Å². The van der Waals surface area contributed by atoms with Crippen LogP contribution in [-0.4, -0.2) is 26.1 Å². The van der Waals surface area contributed by atoms with Gasteiger partial charge in [0.1, 0.15) is 5.69 Å². The Hall–Kier alpha value is -1.60. The molecule has 1 unspecified atom stereocenters. The van der Waals surface area contributed by atoms with E-state index >= 15 is 0 Å². The van der Waals surface area contributed by atoms with Crippen LogP contribution >= 0.6 is 11.8 Å². The van der Waals surface area contributed by atoms with Gasteiger partial charge in [-0.3, -0.25) is 0 Å². The number of fused-ring (bicyclic) bond motifs is 1. The summed E-state index contributed by atoms with van der Waals surface area (Å²) in [6.45, 7) is 1.91. The van der Waals surface area contributed by atoms with Crippen LogP contribution in [0.25, 0.3) is 5.65 Å². The summed E-state index contributed by atoms with van der Waals surface area (Å²) in [5.41, 5.74) is 6.74. The Kier molecular flexibility index (Phi) is 3.83. The molecular weight excluding hydrogens is 252 g/mol. The second-order valence-electron chi connectivity index (χ2n) is 4.06. The number of nitrogens with two attached hydrogens (primary N) is 1. The SMILES string of the molecule is CC(N)CSCc1nc2ccccn2c1[N+](=O)[O-]. The first-order valence-corrected chi connectivity index (χ1v) is 6.68. The first kappa shape index (κ1) is 12.8. The maximum Gasteiger partial charge on any atom is 0.351 e. The van der Waals surface area contributed by atoms with E-state index in [0.717, 1.165) is 5.75 Å². The molecule has 1 atom stereocenters. The predicted molar refractivity (Wildman–Crippen MR) is 71.7 cm³/mol. The molecule has 2 aromatic rings. The van der Waals surface area contributed by atoms with Crippen molar-refractivity contribution in [3.63, 3.8) is 0 Å². The lowest BCUT2D eigenvalue weighted by Crippen LogP contribution is -2.17. The van der Waals surface area contributed by atoms with Crippen molar-refractivity contribution in [2.75, 3.05) is 5.75 Å². The molecule has 0 fully saturated rings. The van der Waals surface area contributed by atoms with E-state index in [1.807, 2.05) is 13.0 Å². The highest BCUT2D eigenvalue weighted by Crippen LogP contribution is 2.24. The quantitative estimate of drug-likeness (QED) is 0.659. The molecule has 0 saturated heterocycles. The number of pyridine rings is 1. The molecule has 0 bridgehead atoms. The number of hydrogen-bond acceptors (Lipinski definition) is 5. The van der Waals surface area contributed by atoms with Crippen molar-refractivity contribution in [3.8, 4) is 0 Å². The van der Waals surface area contributed by atoms with Crippen molar-refractivity contribution < 1.29 is 4.92 Å². The van der Waals surface area contributed by atoms with E-state index in [0.29, 0.717) is 17.1 Å². The topological polar surface area (TPSA) is 86.5 Å². The highest BCUT2D eigenvalue weighted by molar-refractivity contribution is 7.98. The van der Waals surface area contributed by atoms with Gasteiger partial charge < -0.3 is 15.8 Å². The lowest BCUT2D eigenvalue weighted by Gasteiger charge is -2.02. The van der Waals surface area contributed by atoms with Crippen LogP contribution in [0.3, 0.4) is 0 Å². The van der Waals surface area contributed by atoms with Crippen LogP contribution in [0.4, 0.5) is 5.82 Å². The van der Waals surface area contributed by atoms with E-state index in [2.05, 4.69) is 4.98 Å². The van der Waals surface area contributed by atoms with Crippen molar-refractivity contribution >= 4 is 23.2 Å². The van der Waals surface area contributed by atoms with E-state index in [1.165, 1.54) is 4.40 Å². The van der Waals surface area contributed by atoms with Crippen LogP contribution in [0.1, 0.15) is 12.6 Å². The van der Waals surface area contributed by atoms with Crippen molar-refractivity contribution in [3.05, 3.63) is 40.2 Å². The van der Waals surface area contributed by atoms with Crippen molar-refractivity contribution in [2.24, 2.45) is 5.73 Å². The van der Waals surface area contributed by atoms with Crippen LogP contribution < -0.4 is 5.73 Å². The Morgan fingerprint density at radius 1 is 1.61 bits per heavy atom. The first-order valence-electron chi connectivity index (χ1n) is 5.53. The average Bonchev–Trinajstić information content (AvgIpc) is 2.66. The zero-order valence-electron chi connectivity index (χ0n) is 9.94. The highest BCUT2D eigenvalue weighted by atomic mass is 32.2. The Morgan fingerprint density at radius 3 is 3.06 bits per heavy atom. The Labute approximate surface area is 108 Å². The molecule has 0 aliphatic rings. The van der Waals surface area contributed by atoms with Gasteiger partial charge in [-0.15, -0.1) is 0 Å². The fraction of sp³-hybridized carbons (Fsp3) is 0.364. The molecule has 2 rings (SSSR count). The fourth-order valence-electron chi connectivity index (χ4n) is 1.66. The maximum absolute atomic E-state index is 11.1. The fourth-order valence-corrected chi connectivity index (χ4v) is 2.54. The summed E-state index contributed by atoms with van der Waals surface area (Å²) in [7, 11) is 0. The van der Waals surface area contributed by atoms with Crippen molar-refractivity contribution in [1.82, 2.24) is 9.38 Å². The summed E-state index contributed by atoms with van der Waals surface area (Å²) in [6.07, 6.45) is 1.65. The predicted octanol–water partition coefficient (Wildman–Crippen LogP) is 1.82. The summed E-state index contributed by atoms with van der Waals surface area (Å²) < 4.78 is 1.50. The molecule has 2 heterocycles. The number of nitro groups is 1. The molecule has 0 saturated carbocycles. The number of thioether (sulfide) groups is 1. The molecule has 96 valence electrons. The third kappa shape index (κ3) is 2.62. The summed E-state index contributed by atoms with van der Waals surface area (Å²) in [5, 5.41) is 11.1. The van der Waals surface area contributed by atoms with Gasteiger partial charge in [0.2, 0.25) is 5.65 Å².